The van der Waals surface area contributed by atoms with Crippen molar-refractivity contribution in [2.75, 3.05) is 0 Å². The lowest BCUT2D eigenvalue weighted by Crippen LogP contribution is -2.10. The van der Waals surface area contributed by atoms with Crippen LogP contribution in [0.4, 0.5) is 0 Å². The number of amides is 1. The number of primary amides is 1. The molecule has 0 spiro atoms. The summed E-state index contributed by atoms with van der Waals surface area (Å²) in [6.07, 6.45) is 0. The summed E-state index contributed by atoms with van der Waals surface area (Å²) in [7, 11) is 0. The average molecular weight is 279 g/mol. The fourth-order valence-corrected chi connectivity index (χ4v) is 2.21. The van der Waals surface area contributed by atoms with Crippen molar-refractivity contribution in [3.63, 3.8) is 0 Å². The first-order chi connectivity index (χ1) is 10.0. The van der Waals surface area contributed by atoms with Gasteiger partial charge in [0.1, 0.15) is 11.3 Å². The molecule has 0 saturated carbocycles. The van der Waals surface area contributed by atoms with Gasteiger partial charge in [0, 0.05) is 17.2 Å². The standard InChI is InChI=1S/C17H13NO3/c1-10-2-7-15-13(8-10)14(19)9-16(21-15)11-3-5-12(6-4-11)17(18)20/h2-9H,1H3,(H2,18,20). The van der Waals surface area contributed by atoms with Crippen LogP contribution in [-0.2, 0) is 0 Å². The van der Waals surface area contributed by atoms with E-state index in [0.717, 1.165) is 11.1 Å². The maximum absolute atomic E-state index is 12.2. The molecule has 3 rings (SSSR count). The van der Waals surface area contributed by atoms with Gasteiger partial charge >= 0.3 is 0 Å². The predicted molar refractivity (Wildman–Crippen MR) is 81.2 cm³/mol. The van der Waals surface area contributed by atoms with Gasteiger partial charge in [-0.05, 0) is 31.2 Å². The monoisotopic (exact) mass is 279 g/mol. The van der Waals surface area contributed by atoms with Crippen molar-refractivity contribution >= 4 is 16.9 Å². The van der Waals surface area contributed by atoms with Crippen molar-refractivity contribution in [1.29, 1.82) is 0 Å². The van der Waals surface area contributed by atoms with E-state index in [4.69, 9.17) is 10.2 Å². The highest BCUT2D eigenvalue weighted by Gasteiger charge is 2.08. The van der Waals surface area contributed by atoms with Crippen LogP contribution in [0.15, 0.2) is 57.7 Å². The van der Waals surface area contributed by atoms with Crippen molar-refractivity contribution in [2.24, 2.45) is 5.73 Å². The number of carbonyl (C=O) groups excluding carboxylic acids is 1. The van der Waals surface area contributed by atoms with Crippen LogP contribution in [-0.4, -0.2) is 5.91 Å². The highest BCUT2D eigenvalue weighted by atomic mass is 16.3. The van der Waals surface area contributed by atoms with Crippen molar-refractivity contribution in [2.45, 2.75) is 6.92 Å². The second kappa shape index (κ2) is 4.90. The lowest BCUT2D eigenvalue weighted by molar-refractivity contribution is 0.100. The lowest BCUT2D eigenvalue weighted by atomic mass is 10.1. The molecule has 1 amide bonds. The van der Waals surface area contributed by atoms with Gasteiger partial charge in [-0.15, -0.1) is 0 Å². The molecule has 2 aromatic carbocycles. The Labute approximate surface area is 120 Å². The summed E-state index contributed by atoms with van der Waals surface area (Å²) < 4.78 is 5.77. The minimum Gasteiger partial charge on any atom is -0.456 e. The Bertz CT molecular complexity index is 892. The molecule has 21 heavy (non-hydrogen) atoms. The lowest BCUT2D eigenvalue weighted by Gasteiger charge is -2.04. The quantitative estimate of drug-likeness (QED) is 0.783. The molecule has 0 unspecified atom stereocenters. The molecule has 0 radical (unpaired) electrons. The zero-order valence-corrected chi connectivity index (χ0v) is 11.4. The van der Waals surface area contributed by atoms with Crippen LogP contribution in [0.3, 0.4) is 0 Å². The Balaban J connectivity index is 2.14. The van der Waals surface area contributed by atoms with Crippen LogP contribution >= 0.6 is 0 Å². The van der Waals surface area contributed by atoms with Gasteiger partial charge in [0.2, 0.25) is 5.91 Å². The number of hydrogen-bond acceptors (Lipinski definition) is 3. The molecule has 2 N–H and O–H groups in total. The van der Waals surface area contributed by atoms with E-state index in [1.165, 1.54) is 6.07 Å². The van der Waals surface area contributed by atoms with Crippen molar-refractivity contribution in [1.82, 2.24) is 0 Å². The Morgan fingerprint density at radius 3 is 2.43 bits per heavy atom. The number of benzene rings is 2. The molecule has 0 aliphatic rings. The van der Waals surface area contributed by atoms with Crippen LogP contribution in [0.1, 0.15) is 15.9 Å². The van der Waals surface area contributed by atoms with E-state index in [1.54, 1.807) is 36.4 Å². The fourth-order valence-electron chi connectivity index (χ4n) is 2.21. The Kier molecular flexibility index (Phi) is 3.06. The first kappa shape index (κ1) is 13.1. The molecule has 0 fully saturated rings. The maximum atomic E-state index is 12.2. The third kappa shape index (κ3) is 2.43. The summed E-state index contributed by atoms with van der Waals surface area (Å²) in [6, 6.07) is 13.6. The number of carbonyl (C=O) groups is 1. The molecule has 0 aliphatic heterocycles. The second-order valence-corrected chi connectivity index (χ2v) is 4.92. The van der Waals surface area contributed by atoms with Crippen molar-refractivity contribution in [3.05, 3.63) is 69.9 Å². The topological polar surface area (TPSA) is 73.3 Å². The van der Waals surface area contributed by atoms with E-state index in [-0.39, 0.29) is 5.43 Å². The number of rotatable bonds is 2. The SMILES string of the molecule is Cc1ccc2oc(-c3ccc(C(N)=O)cc3)cc(=O)c2c1. The smallest absolute Gasteiger partial charge is 0.248 e. The second-order valence-electron chi connectivity index (χ2n) is 4.92. The summed E-state index contributed by atoms with van der Waals surface area (Å²) in [5, 5.41) is 0.563. The summed E-state index contributed by atoms with van der Waals surface area (Å²) in [4.78, 5) is 23.2. The summed E-state index contributed by atoms with van der Waals surface area (Å²) in [5.41, 5.74) is 7.80. The minimum absolute atomic E-state index is 0.0890. The van der Waals surface area contributed by atoms with Gasteiger partial charge in [-0.1, -0.05) is 23.8 Å². The number of aryl methyl sites for hydroxylation is 1. The summed E-state index contributed by atoms with van der Waals surface area (Å²) >= 11 is 0. The van der Waals surface area contributed by atoms with E-state index in [1.807, 2.05) is 13.0 Å². The third-order valence-electron chi connectivity index (χ3n) is 3.34. The fraction of sp³-hybridized carbons (Fsp3) is 0.0588. The van der Waals surface area contributed by atoms with E-state index >= 15 is 0 Å². The van der Waals surface area contributed by atoms with Crippen LogP contribution < -0.4 is 11.2 Å². The van der Waals surface area contributed by atoms with Gasteiger partial charge in [0.25, 0.3) is 0 Å². The molecule has 0 aliphatic carbocycles. The predicted octanol–water partition coefficient (Wildman–Crippen LogP) is 2.87. The molecule has 104 valence electrons. The first-order valence-corrected chi connectivity index (χ1v) is 6.49. The molecule has 0 atom stereocenters. The van der Waals surface area contributed by atoms with E-state index in [2.05, 4.69) is 0 Å². The largest absolute Gasteiger partial charge is 0.456 e. The summed E-state index contributed by atoms with van der Waals surface area (Å²) in [5.74, 6) is -0.0237. The Morgan fingerprint density at radius 2 is 1.76 bits per heavy atom. The molecule has 3 aromatic rings. The van der Waals surface area contributed by atoms with E-state index in [0.29, 0.717) is 22.3 Å². The van der Waals surface area contributed by atoms with Crippen LogP contribution in [0.5, 0.6) is 0 Å². The Morgan fingerprint density at radius 1 is 1.05 bits per heavy atom. The molecular weight excluding hydrogens is 266 g/mol. The maximum Gasteiger partial charge on any atom is 0.248 e. The highest BCUT2D eigenvalue weighted by molar-refractivity contribution is 5.93. The number of hydrogen-bond donors (Lipinski definition) is 1. The van der Waals surface area contributed by atoms with Gasteiger partial charge < -0.3 is 10.2 Å². The molecule has 1 aromatic heterocycles. The van der Waals surface area contributed by atoms with Crippen LogP contribution in [0.25, 0.3) is 22.3 Å². The normalized spacial score (nSPS) is 10.7. The number of fused-ring (bicyclic) bond motifs is 1. The molecular formula is C17H13NO3. The van der Waals surface area contributed by atoms with Crippen molar-refractivity contribution in [3.8, 4) is 11.3 Å². The zero-order chi connectivity index (χ0) is 15.0. The first-order valence-electron chi connectivity index (χ1n) is 6.49. The van der Waals surface area contributed by atoms with Crippen molar-refractivity contribution < 1.29 is 9.21 Å². The zero-order valence-electron chi connectivity index (χ0n) is 11.4. The molecule has 4 nitrogen and oxygen atoms in total. The average Bonchev–Trinajstić information content (AvgIpc) is 2.48. The highest BCUT2D eigenvalue weighted by Crippen LogP contribution is 2.23. The molecule has 0 saturated heterocycles. The van der Waals surface area contributed by atoms with Crippen LogP contribution in [0, 0.1) is 6.92 Å². The number of nitrogens with two attached hydrogens (primary N) is 1. The van der Waals surface area contributed by atoms with Crippen LogP contribution in [0.2, 0.25) is 0 Å². The summed E-state index contributed by atoms with van der Waals surface area (Å²) in [6.45, 7) is 1.93. The minimum atomic E-state index is -0.489. The molecule has 1 heterocycles. The van der Waals surface area contributed by atoms with Gasteiger partial charge in [0.05, 0.1) is 5.39 Å². The molecule has 0 bridgehead atoms. The van der Waals surface area contributed by atoms with Gasteiger partial charge in [-0.25, -0.2) is 0 Å². The van der Waals surface area contributed by atoms with Gasteiger partial charge in [0.15, 0.2) is 5.43 Å². The molecule has 4 heteroatoms. The third-order valence-corrected chi connectivity index (χ3v) is 3.34. The van der Waals surface area contributed by atoms with Gasteiger partial charge in [-0.2, -0.15) is 0 Å². The van der Waals surface area contributed by atoms with Gasteiger partial charge in [-0.3, -0.25) is 9.59 Å². The Hall–Kier alpha value is -2.88. The van der Waals surface area contributed by atoms with E-state index < -0.39 is 5.91 Å². The van der Waals surface area contributed by atoms with E-state index in [9.17, 15) is 9.59 Å².